The van der Waals surface area contributed by atoms with Crippen LogP contribution >= 0.6 is 0 Å². The number of likely N-dealkylation sites (N-methyl/N-ethyl adjacent to an activating group) is 1. The number of nitrogens with one attached hydrogen (secondary N) is 1. The molecule has 3 rings (SSSR count). The van der Waals surface area contributed by atoms with Gasteiger partial charge in [0.1, 0.15) is 5.92 Å². The van der Waals surface area contributed by atoms with Gasteiger partial charge in [0.25, 0.3) is 0 Å². The maximum Gasteiger partial charge on any atom is 0.417 e. The Morgan fingerprint density at radius 2 is 1.62 bits per heavy atom. The highest BCUT2D eigenvalue weighted by Gasteiger charge is 2.47. The molecule has 0 spiro atoms. The van der Waals surface area contributed by atoms with Crippen molar-refractivity contribution in [2.24, 2.45) is 5.92 Å². The summed E-state index contributed by atoms with van der Waals surface area (Å²) in [6.45, 7) is -0.273. The van der Waals surface area contributed by atoms with Crippen LogP contribution in [0.2, 0.25) is 0 Å². The minimum atomic E-state index is -5.35. The van der Waals surface area contributed by atoms with Gasteiger partial charge in [-0.2, -0.15) is 26.3 Å². The Morgan fingerprint density at radius 1 is 1.00 bits per heavy atom. The monoisotopic (exact) mass is 466 g/mol. The van der Waals surface area contributed by atoms with Gasteiger partial charge in [0, 0.05) is 19.5 Å². The molecule has 1 N–H and O–H groups in total. The Hall–Kier alpha value is -3.18. The number of benzene rings is 2. The third-order valence-corrected chi connectivity index (χ3v) is 5.09. The van der Waals surface area contributed by atoms with E-state index in [0.29, 0.717) is 0 Å². The highest BCUT2D eigenvalue weighted by atomic mass is 19.4. The molecule has 1 fully saturated rings. The summed E-state index contributed by atoms with van der Waals surface area (Å²) in [5, 5.41) is 2.02. The fourth-order valence-electron chi connectivity index (χ4n) is 3.58. The zero-order valence-electron chi connectivity index (χ0n) is 16.1. The minimum absolute atomic E-state index is 0.238. The first kappa shape index (κ1) is 23.5. The molecular formula is C20H14F8N2O2. The SMILES string of the molecule is CN1CC(c2ccc(C(F)(F)F)c(C(F)(F)F)c2)C(C(=O)Nc2cccc(F)c2F)C1=O. The lowest BCUT2D eigenvalue weighted by Gasteiger charge is -2.21. The largest absolute Gasteiger partial charge is 0.417 e. The molecular weight excluding hydrogens is 452 g/mol. The van der Waals surface area contributed by atoms with Crippen molar-refractivity contribution in [3.8, 4) is 0 Å². The molecule has 12 heteroatoms. The first-order valence-electron chi connectivity index (χ1n) is 9.00. The molecule has 0 saturated carbocycles. The predicted octanol–water partition coefficient (Wildman–Crippen LogP) is 4.81. The Bertz CT molecular complexity index is 1060. The second-order valence-corrected chi connectivity index (χ2v) is 7.19. The fourth-order valence-corrected chi connectivity index (χ4v) is 3.58. The lowest BCUT2D eigenvalue weighted by atomic mass is 9.86. The van der Waals surface area contributed by atoms with Crippen LogP contribution in [0.1, 0.15) is 22.6 Å². The Balaban J connectivity index is 2.01. The number of anilines is 1. The van der Waals surface area contributed by atoms with Crippen molar-refractivity contribution in [3.05, 3.63) is 64.7 Å². The van der Waals surface area contributed by atoms with Crippen LogP contribution in [0.5, 0.6) is 0 Å². The van der Waals surface area contributed by atoms with Crippen molar-refractivity contribution in [2.75, 3.05) is 18.9 Å². The summed E-state index contributed by atoms with van der Waals surface area (Å²) >= 11 is 0. The maximum absolute atomic E-state index is 13.9. The van der Waals surface area contributed by atoms with Crippen LogP contribution in [0.3, 0.4) is 0 Å². The molecule has 2 aromatic rings. The topological polar surface area (TPSA) is 49.4 Å². The van der Waals surface area contributed by atoms with Crippen LogP contribution < -0.4 is 5.32 Å². The summed E-state index contributed by atoms with van der Waals surface area (Å²) in [4.78, 5) is 26.2. The van der Waals surface area contributed by atoms with E-state index in [1.54, 1.807) is 0 Å². The van der Waals surface area contributed by atoms with Gasteiger partial charge in [-0.15, -0.1) is 0 Å². The third kappa shape index (κ3) is 4.39. The van der Waals surface area contributed by atoms with E-state index < -0.39 is 64.5 Å². The number of halogens is 8. The van der Waals surface area contributed by atoms with Crippen molar-refractivity contribution >= 4 is 17.5 Å². The van der Waals surface area contributed by atoms with E-state index in [9.17, 15) is 44.7 Å². The van der Waals surface area contributed by atoms with Gasteiger partial charge in [0.15, 0.2) is 11.6 Å². The third-order valence-electron chi connectivity index (χ3n) is 5.09. The van der Waals surface area contributed by atoms with Gasteiger partial charge in [-0.25, -0.2) is 8.78 Å². The molecule has 0 aromatic heterocycles. The lowest BCUT2D eigenvalue weighted by Crippen LogP contribution is -2.33. The van der Waals surface area contributed by atoms with Gasteiger partial charge in [0.05, 0.1) is 16.8 Å². The molecule has 1 aliphatic rings. The highest BCUT2D eigenvalue weighted by molar-refractivity contribution is 6.08. The highest BCUT2D eigenvalue weighted by Crippen LogP contribution is 2.43. The lowest BCUT2D eigenvalue weighted by molar-refractivity contribution is -0.162. The number of carbonyl (C=O) groups is 2. The standard InChI is InChI=1S/C20H14F8N2O2/c1-30-8-10(9-5-6-11(19(23,24)25)12(7-9)20(26,27)28)15(18(30)32)17(31)29-14-4-2-3-13(21)16(14)22/h2-7,10,15H,8H2,1H3,(H,29,31). The van der Waals surface area contributed by atoms with E-state index in [0.717, 1.165) is 29.2 Å². The first-order valence-corrected chi connectivity index (χ1v) is 9.00. The second-order valence-electron chi connectivity index (χ2n) is 7.19. The van der Waals surface area contributed by atoms with Gasteiger partial charge in [0.2, 0.25) is 11.8 Å². The van der Waals surface area contributed by atoms with Gasteiger partial charge < -0.3 is 10.2 Å². The number of amides is 2. The molecule has 0 radical (unpaired) electrons. The summed E-state index contributed by atoms with van der Waals surface area (Å²) in [6, 6.07) is 4.13. The predicted molar refractivity (Wildman–Crippen MR) is 95.3 cm³/mol. The number of hydrogen-bond donors (Lipinski definition) is 1. The molecule has 0 bridgehead atoms. The average molecular weight is 466 g/mol. The molecule has 0 aliphatic carbocycles. The van der Waals surface area contributed by atoms with Crippen LogP contribution in [-0.2, 0) is 21.9 Å². The molecule has 1 aliphatic heterocycles. The summed E-state index contributed by atoms with van der Waals surface area (Å²) in [6.07, 6.45) is -10.6. The zero-order chi connectivity index (χ0) is 24.0. The number of hydrogen-bond acceptors (Lipinski definition) is 2. The van der Waals surface area contributed by atoms with E-state index in [4.69, 9.17) is 0 Å². The molecule has 1 heterocycles. The smallest absolute Gasteiger partial charge is 0.344 e. The normalized spacial score (nSPS) is 19.4. The van der Waals surface area contributed by atoms with Crippen molar-refractivity contribution in [3.63, 3.8) is 0 Å². The average Bonchev–Trinajstić information content (AvgIpc) is 2.98. The van der Waals surface area contributed by atoms with Gasteiger partial charge >= 0.3 is 12.4 Å². The van der Waals surface area contributed by atoms with Gasteiger partial charge in [-0.1, -0.05) is 12.1 Å². The van der Waals surface area contributed by atoms with Crippen LogP contribution in [0.25, 0.3) is 0 Å². The number of nitrogens with zero attached hydrogens (tertiary/aromatic N) is 1. The van der Waals surface area contributed by atoms with Crippen LogP contribution in [0, 0.1) is 17.6 Å². The molecule has 2 amide bonds. The Kier molecular flexibility index (Phi) is 5.92. The van der Waals surface area contributed by atoms with E-state index in [2.05, 4.69) is 0 Å². The summed E-state index contributed by atoms with van der Waals surface area (Å²) < 4.78 is 106. The summed E-state index contributed by atoms with van der Waals surface area (Å²) in [5.74, 6) is -7.59. The molecule has 2 unspecified atom stereocenters. The quantitative estimate of drug-likeness (QED) is 0.522. The number of rotatable bonds is 3. The van der Waals surface area contributed by atoms with E-state index in [1.807, 2.05) is 5.32 Å². The van der Waals surface area contributed by atoms with Gasteiger partial charge in [-0.05, 0) is 29.8 Å². The maximum atomic E-state index is 13.9. The second kappa shape index (κ2) is 8.06. The van der Waals surface area contributed by atoms with Crippen molar-refractivity contribution in [2.45, 2.75) is 18.3 Å². The summed E-state index contributed by atoms with van der Waals surface area (Å²) in [7, 11) is 1.25. The van der Waals surface area contributed by atoms with Crippen LogP contribution in [-0.4, -0.2) is 30.3 Å². The van der Waals surface area contributed by atoms with Crippen LogP contribution in [0.15, 0.2) is 36.4 Å². The van der Waals surface area contributed by atoms with Gasteiger partial charge in [-0.3, -0.25) is 9.59 Å². The van der Waals surface area contributed by atoms with E-state index in [-0.39, 0.29) is 24.2 Å². The number of alkyl halides is 6. The molecule has 32 heavy (non-hydrogen) atoms. The minimum Gasteiger partial charge on any atom is -0.344 e. The molecule has 4 nitrogen and oxygen atoms in total. The Morgan fingerprint density at radius 3 is 2.22 bits per heavy atom. The molecule has 2 aromatic carbocycles. The molecule has 1 saturated heterocycles. The van der Waals surface area contributed by atoms with Crippen molar-refractivity contribution in [1.29, 1.82) is 0 Å². The number of carbonyl (C=O) groups excluding carboxylic acids is 2. The fraction of sp³-hybridized carbons (Fsp3) is 0.300. The summed E-state index contributed by atoms with van der Waals surface area (Å²) in [5.41, 5.74) is -4.79. The zero-order valence-corrected chi connectivity index (χ0v) is 16.1. The molecule has 172 valence electrons. The Labute approximate surface area is 175 Å². The first-order chi connectivity index (χ1) is 14.7. The van der Waals surface area contributed by atoms with E-state index >= 15 is 0 Å². The molecule has 2 atom stereocenters. The number of likely N-dealkylation sites (tertiary alicyclic amines) is 1. The van der Waals surface area contributed by atoms with E-state index in [1.165, 1.54) is 7.05 Å². The van der Waals surface area contributed by atoms with Crippen LogP contribution in [0.4, 0.5) is 40.8 Å². The van der Waals surface area contributed by atoms with Crippen molar-refractivity contribution in [1.82, 2.24) is 4.90 Å². The van der Waals surface area contributed by atoms with Crippen molar-refractivity contribution < 1.29 is 44.7 Å².